The molecule has 0 N–H and O–H groups in total. The van der Waals surface area contributed by atoms with Crippen molar-refractivity contribution in [1.82, 2.24) is 0 Å². The van der Waals surface area contributed by atoms with E-state index in [2.05, 4.69) is 0 Å². The van der Waals surface area contributed by atoms with Crippen LogP contribution in [0.2, 0.25) is 0 Å². The van der Waals surface area contributed by atoms with E-state index in [-0.39, 0.29) is 13.2 Å². The molecule has 0 heterocycles. The topological polar surface area (TPSA) is 68.6 Å². The molecule has 0 amide bonds. The van der Waals surface area contributed by atoms with Crippen molar-refractivity contribution in [2.45, 2.75) is 13.5 Å². The van der Waals surface area contributed by atoms with Crippen molar-refractivity contribution in [3.63, 3.8) is 0 Å². The van der Waals surface area contributed by atoms with E-state index >= 15 is 0 Å². The maximum Gasteiger partial charge on any atom is 0.344 e. The van der Waals surface area contributed by atoms with Gasteiger partial charge in [0.25, 0.3) is 0 Å². The number of rotatable bonds is 7. The Bertz CT molecular complexity index is 706. The van der Waals surface area contributed by atoms with Crippen LogP contribution in [0.1, 0.15) is 18.1 Å². The zero-order valence-corrected chi connectivity index (χ0v) is 12.8. The molecule has 2 aromatic carbocycles. The normalized spacial score (nSPS) is 9.74. The molecule has 0 radical (unpaired) electrons. The SMILES string of the molecule is CCOc1ccccc1COC(=O)COc1ccccc1C#N. The molecule has 118 valence electrons. The van der Waals surface area contributed by atoms with Crippen LogP contribution >= 0.6 is 0 Å². The summed E-state index contributed by atoms with van der Waals surface area (Å²) in [6.45, 7) is 2.29. The quantitative estimate of drug-likeness (QED) is 0.735. The van der Waals surface area contributed by atoms with E-state index in [0.29, 0.717) is 23.7 Å². The molecule has 0 aliphatic rings. The van der Waals surface area contributed by atoms with Crippen LogP contribution in [0, 0.1) is 11.3 Å². The molecule has 2 aromatic rings. The first-order valence-corrected chi connectivity index (χ1v) is 7.23. The number of nitriles is 1. The highest BCUT2D eigenvalue weighted by molar-refractivity contribution is 5.71. The number of nitrogens with zero attached hydrogens (tertiary/aromatic N) is 1. The average molecular weight is 311 g/mol. The molecular formula is C18H17NO4. The standard InChI is InChI=1S/C18H17NO4/c1-2-21-17-10-6-4-8-15(17)12-23-18(20)13-22-16-9-5-3-7-14(16)11-19/h3-10H,2,12-13H2,1H3. The Balaban J connectivity index is 1.87. The van der Waals surface area contributed by atoms with Gasteiger partial charge in [-0.2, -0.15) is 5.26 Å². The Hall–Kier alpha value is -3.00. The predicted octanol–water partition coefficient (Wildman–Crippen LogP) is 3.08. The van der Waals surface area contributed by atoms with Crippen molar-refractivity contribution in [1.29, 1.82) is 5.26 Å². The minimum absolute atomic E-state index is 0.109. The van der Waals surface area contributed by atoms with Gasteiger partial charge in [0, 0.05) is 5.56 Å². The minimum atomic E-state index is -0.510. The lowest BCUT2D eigenvalue weighted by Crippen LogP contribution is -2.15. The number of carbonyl (C=O) groups excluding carboxylic acids is 1. The van der Waals surface area contributed by atoms with Gasteiger partial charge in [-0.05, 0) is 25.1 Å². The molecule has 0 bridgehead atoms. The van der Waals surface area contributed by atoms with E-state index in [1.54, 1.807) is 24.3 Å². The maximum atomic E-state index is 11.8. The monoisotopic (exact) mass is 311 g/mol. The van der Waals surface area contributed by atoms with Crippen LogP contribution in [0.3, 0.4) is 0 Å². The molecule has 0 fully saturated rings. The van der Waals surface area contributed by atoms with Gasteiger partial charge >= 0.3 is 5.97 Å². The molecule has 0 aliphatic carbocycles. The van der Waals surface area contributed by atoms with Gasteiger partial charge in [-0.25, -0.2) is 4.79 Å². The van der Waals surface area contributed by atoms with Crippen LogP contribution in [0.25, 0.3) is 0 Å². The van der Waals surface area contributed by atoms with E-state index in [9.17, 15) is 4.79 Å². The second kappa shape index (κ2) is 8.44. The first-order chi connectivity index (χ1) is 11.2. The number of esters is 1. The third kappa shape index (κ3) is 4.75. The zero-order valence-electron chi connectivity index (χ0n) is 12.8. The molecule has 2 rings (SSSR count). The highest BCUT2D eigenvalue weighted by Crippen LogP contribution is 2.19. The summed E-state index contributed by atoms with van der Waals surface area (Å²) in [6, 6.07) is 16.1. The summed E-state index contributed by atoms with van der Waals surface area (Å²) in [5, 5.41) is 8.96. The summed E-state index contributed by atoms with van der Waals surface area (Å²) in [5.41, 5.74) is 1.17. The van der Waals surface area contributed by atoms with Crippen molar-refractivity contribution < 1.29 is 19.0 Å². The number of carbonyl (C=O) groups is 1. The summed E-state index contributed by atoms with van der Waals surface area (Å²) in [6.07, 6.45) is 0. The Kier molecular flexibility index (Phi) is 6.01. The van der Waals surface area contributed by atoms with E-state index < -0.39 is 5.97 Å². The molecule has 5 nitrogen and oxygen atoms in total. The summed E-state index contributed by atoms with van der Waals surface area (Å²) < 4.78 is 16.0. The number of para-hydroxylation sites is 2. The molecule has 0 atom stereocenters. The maximum absolute atomic E-state index is 11.8. The fourth-order valence-corrected chi connectivity index (χ4v) is 1.94. The van der Waals surface area contributed by atoms with Crippen LogP contribution < -0.4 is 9.47 Å². The van der Waals surface area contributed by atoms with Crippen molar-refractivity contribution in [2.75, 3.05) is 13.2 Å². The van der Waals surface area contributed by atoms with Crippen LogP contribution in [0.4, 0.5) is 0 Å². The second-order valence-electron chi connectivity index (χ2n) is 4.60. The molecule has 23 heavy (non-hydrogen) atoms. The highest BCUT2D eigenvalue weighted by atomic mass is 16.6. The van der Waals surface area contributed by atoms with E-state index in [0.717, 1.165) is 5.56 Å². The summed E-state index contributed by atoms with van der Waals surface area (Å²) in [5.74, 6) is 0.546. The summed E-state index contributed by atoms with van der Waals surface area (Å²) in [7, 11) is 0. The molecule has 0 aromatic heterocycles. The van der Waals surface area contributed by atoms with Gasteiger partial charge in [0.15, 0.2) is 6.61 Å². The van der Waals surface area contributed by atoms with Gasteiger partial charge < -0.3 is 14.2 Å². The number of benzene rings is 2. The summed E-state index contributed by atoms with van der Waals surface area (Å²) in [4.78, 5) is 11.8. The molecular weight excluding hydrogens is 294 g/mol. The van der Waals surface area contributed by atoms with Crippen molar-refractivity contribution in [3.8, 4) is 17.6 Å². The number of hydrogen-bond acceptors (Lipinski definition) is 5. The smallest absolute Gasteiger partial charge is 0.344 e. The molecule has 0 aliphatic heterocycles. The van der Waals surface area contributed by atoms with Gasteiger partial charge in [0.2, 0.25) is 0 Å². The van der Waals surface area contributed by atoms with E-state index in [4.69, 9.17) is 19.5 Å². The third-order valence-corrected chi connectivity index (χ3v) is 3.01. The van der Waals surface area contributed by atoms with Gasteiger partial charge in [-0.15, -0.1) is 0 Å². The van der Waals surface area contributed by atoms with Crippen molar-refractivity contribution >= 4 is 5.97 Å². The minimum Gasteiger partial charge on any atom is -0.493 e. The Labute approximate surface area is 135 Å². The van der Waals surface area contributed by atoms with Crippen LogP contribution in [-0.2, 0) is 16.1 Å². The fourth-order valence-electron chi connectivity index (χ4n) is 1.94. The van der Waals surface area contributed by atoms with Gasteiger partial charge in [-0.3, -0.25) is 0 Å². The molecule has 0 unspecified atom stereocenters. The lowest BCUT2D eigenvalue weighted by atomic mass is 10.2. The molecule has 0 saturated heterocycles. The highest BCUT2D eigenvalue weighted by Gasteiger charge is 2.09. The lowest BCUT2D eigenvalue weighted by molar-refractivity contribution is -0.147. The first kappa shape index (κ1) is 16.4. The summed E-state index contributed by atoms with van der Waals surface area (Å²) >= 11 is 0. The largest absolute Gasteiger partial charge is 0.493 e. The second-order valence-corrected chi connectivity index (χ2v) is 4.60. The number of hydrogen-bond donors (Lipinski definition) is 0. The molecule has 0 spiro atoms. The fraction of sp³-hybridized carbons (Fsp3) is 0.222. The zero-order chi connectivity index (χ0) is 16.5. The van der Waals surface area contributed by atoms with Gasteiger partial charge in [-0.1, -0.05) is 30.3 Å². The Morgan fingerprint density at radius 2 is 1.74 bits per heavy atom. The van der Waals surface area contributed by atoms with Gasteiger partial charge in [0.05, 0.1) is 12.2 Å². The van der Waals surface area contributed by atoms with Gasteiger partial charge in [0.1, 0.15) is 24.2 Å². The van der Waals surface area contributed by atoms with E-state index in [1.165, 1.54) is 0 Å². The third-order valence-electron chi connectivity index (χ3n) is 3.01. The molecule has 0 saturated carbocycles. The number of ether oxygens (including phenoxy) is 3. The Morgan fingerprint density at radius 3 is 2.48 bits per heavy atom. The molecule has 5 heteroatoms. The van der Waals surface area contributed by atoms with Crippen molar-refractivity contribution in [3.05, 3.63) is 59.7 Å². The van der Waals surface area contributed by atoms with Crippen LogP contribution in [-0.4, -0.2) is 19.2 Å². The predicted molar refractivity (Wildman–Crippen MR) is 84.1 cm³/mol. The average Bonchev–Trinajstić information content (AvgIpc) is 2.59. The Morgan fingerprint density at radius 1 is 1.04 bits per heavy atom. The van der Waals surface area contributed by atoms with Crippen molar-refractivity contribution in [2.24, 2.45) is 0 Å². The van der Waals surface area contributed by atoms with Crippen LogP contribution in [0.5, 0.6) is 11.5 Å². The lowest BCUT2D eigenvalue weighted by Gasteiger charge is -2.11. The van der Waals surface area contributed by atoms with E-state index in [1.807, 2.05) is 37.3 Å². The van der Waals surface area contributed by atoms with Crippen LogP contribution in [0.15, 0.2) is 48.5 Å². The first-order valence-electron chi connectivity index (χ1n) is 7.23.